The summed E-state index contributed by atoms with van der Waals surface area (Å²) in [6.45, 7) is 12.8. The van der Waals surface area contributed by atoms with Crippen LogP contribution in [0.4, 0.5) is 4.79 Å². The van der Waals surface area contributed by atoms with Gasteiger partial charge in [0.25, 0.3) is 0 Å². The van der Waals surface area contributed by atoms with Crippen molar-refractivity contribution in [1.29, 1.82) is 0 Å². The van der Waals surface area contributed by atoms with Gasteiger partial charge in [0, 0.05) is 0 Å². The highest BCUT2D eigenvalue weighted by atomic mass is 17.3. The van der Waals surface area contributed by atoms with Crippen molar-refractivity contribution in [3.8, 4) is 0 Å². The van der Waals surface area contributed by atoms with E-state index in [4.69, 9.17) is 19.6 Å². The summed E-state index contributed by atoms with van der Waals surface area (Å²) in [6.07, 6.45) is 9.36. The summed E-state index contributed by atoms with van der Waals surface area (Å²) >= 11 is 0. The van der Waals surface area contributed by atoms with E-state index in [2.05, 4.69) is 41.5 Å². The highest BCUT2D eigenvalue weighted by molar-refractivity contribution is 5.58. The van der Waals surface area contributed by atoms with Gasteiger partial charge >= 0.3 is 6.16 Å². The third-order valence-corrected chi connectivity index (χ3v) is 6.59. The molecule has 152 valence electrons. The van der Waals surface area contributed by atoms with Gasteiger partial charge in [0.2, 0.25) is 0 Å². The fourth-order valence-electron chi connectivity index (χ4n) is 4.40. The van der Waals surface area contributed by atoms with Crippen LogP contribution in [-0.2, 0) is 19.6 Å². The zero-order valence-corrected chi connectivity index (χ0v) is 17.6. The summed E-state index contributed by atoms with van der Waals surface area (Å²) in [5.41, 5.74) is -1.16. The van der Waals surface area contributed by atoms with Crippen molar-refractivity contribution in [3.63, 3.8) is 0 Å². The average Bonchev–Trinajstić information content (AvgIpc) is 2.58. The van der Waals surface area contributed by atoms with Gasteiger partial charge in [-0.3, -0.25) is 9.78 Å². The Morgan fingerprint density at radius 1 is 0.615 bits per heavy atom. The van der Waals surface area contributed by atoms with Gasteiger partial charge in [0.05, 0.1) is 0 Å². The summed E-state index contributed by atoms with van der Waals surface area (Å²) in [7, 11) is 0. The third kappa shape index (κ3) is 4.72. The molecule has 26 heavy (non-hydrogen) atoms. The minimum Gasteiger partial charge on any atom is -0.257 e. The monoisotopic (exact) mass is 370 g/mol. The molecule has 5 nitrogen and oxygen atoms in total. The number of rotatable bonds is 4. The summed E-state index contributed by atoms with van der Waals surface area (Å²) in [5, 5.41) is 0. The maximum atomic E-state index is 12.2. The lowest BCUT2D eigenvalue weighted by atomic mass is 9.68. The van der Waals surface area contributed by atoms with Gasteiger partial charge < -0.3 is 0 Å². The molecule has 0 atom stereocenters. The molecule has 0 spiro atoms. The first-order valence-electron chi connectivity index (χ1n) is 10.3. The predicted octanol–water partition coefficient (Wildman–Crippen LogP) is 6.50. The van der Waals surface area contributed by atoms with E-state index >= 15 is 0 Å². The molecule has 0 saturated heterocycles. The summed E-state index contributed by atoms with van der Waals surface area (Å²) in [6, 6.07) is 0. The number of carbonyl (C=O) groups excluding carboxylic acids is 1. The van der Waals surface area contributed by atoms with Crippen LogP contribution in [0.5, 0.6) is 0 Å². The molecule has 0 N–H and O–H groups in total. The van der Waals surface area contributed by atoms with E-state index in [-0.39, 0.29) is 10.8 Å². The molecule has 0 aromatic heterocycles. The van der Waals surface area contributed by atoms with Crippen molar-refractivity contribution < 1.29 is 24.3 Å². The second kappa shape index (κ2) is 8.05. The lowest BCUT2D eigenvalue weighted by Gasteiger charge is -2.45. The summed E-state index contributed by atoms with van der Waals surface area (Å²) in [5.74, 6) is 0. The largest absolute Gasteiger partial charge is 0.573 e. The molecule has 0 radical (unpaired) electrons. The quantitative estimate of drug-likeness (QED) is 0.417. The Hall–Kier alpha value is -0.810. The molecule has 2 saturated carbocycles. The van der Waals surface area contributed by atoms with Gasteiger partial charge in [-0.25, -0.2) is 0 Å². The Bertz CT molecular complexity index is 418. The van der Waals surface area contributed by atoms with Crippen LogP contribution < -0.4 is 0 Å². The van der Waals surface area contributed by atoms with E-state index in [1.165, 1.54) is 12.8 Å². The topological polar surface area (TPSA) is 54.0 Å². The van der Waals surface area contributed by atoms with Crippen molar-refractivity contribution in [3.05, 3.63) is 0 Å². The second-order valence-electron chi connectivity index (χ2n) is 10.2. The van der Waals surface area contributed by atoms with Crippen molar-refractivity contribution in [2.45, 2.75) is 117 Å². The predicted molar refractivity (Wildman–Crippen MR) is 100 cm³/mol. The van der Waals surface area contributed by atoms with Gasteiger partial charge in [-0.05, 0) is 36.5 Å². The first-order chi connectivity index (χ1) is 12.0. The Balaban J connectivity index is 1.93. The molecule has 2 fully saturated rings. The molecular formula is C21H38O5. The smallest absolute Gasteiger partial charge is 0.257 e. The normalized spacial score (nSPS) is 23.3. The first kappa shape index (κ1) is 21.5. The first-order valence-corrected chi connectivity index (χ1v) is 10.3. The van der Waals surface area contributed by atoms with Crippen molar-refractivity contribution in [1.82, 2.24) is 0 Å². The third-order valence-electron chi connectivity index (χ3n) is 6.59. The van der Waals surface area contributed by atoms with Crippen LogP contribution in [-0.4, -0.2) is 17.4 Å². The molecule has 2 aliphatic rings. The molecule has 0 aliphatic heterocycles. The Kier molecular flexibility index (Phi) is 6.66. The fourth-order valence-corrected chi connectivity index (χ4v) is 4.40. The molecule has 0 bridgehead atoms. The highest BCUT2D eigenvalue weighted by Gasteiger charge is 2.48. The van der Waals surface area contributed by atoms with Crippen molar-refractivity contribution in [2.24, 2.45) is 10.8 Å². The maximum Gasteiger partial charge on any atom is 0.573 e. The molecule has 0 amide bonds. The number of hydrogen-bond acceptors (Lipinski definition) is 5. The molecule has 5 heteroatoms. The van der Waals surface area contributed by atoms with Crippen LogP contribution in [0.25, 0.3) is 0 Å². The Labute approximate surface area is 159 Å². The molecular weight excluding hydrogens is 332 g/mol. The Morgan fingerprint density at radius 2 is 0.923 bits per heavy atom. The molecule has 2 aliphatic carbocycles. The highest BCUT2D eigenvalue weighted by Crippen LogP contribution is 2.46. The van der Waals surface area contributed by atoms with Crippen LogP contribution in [0.15, 0.2) is 0 Å². The van der Waals surface area contributed by atoms with Crippen LogP contribution in [0.1, 0.15) is 106 Å². The van der Waals surface area contributed by atoms with Gasteiger partial charge in [-0.1, -0.05) is 80.1 Å². The van der Waals surface area contributed by atoms with E-state index in [1.807, 2.05) is 0 Å². The van der Waals surface area contributed by atoms with Crippen LogP contribution >= 0.6 is 0 Å². The van der Waals surface area contributed by atoms with E-state index < -0.39 is 17.4 Å². The summed E-state index contributed by atoms with van der Waals surface area (Å²) in [4.78, 5) is 33.7. The van der Waals surface area contributed by atoms with Crippen LogP contribution in [0.3, 0.4) is 0 Å². The second-order valence-corrected chi connectivity index (χ2v) is 10.2. The number of hydrogen-bond donors (Lipinski definition) is 0. The summed E-state index contributed by atoms with van der Waals surface area (Å²) < 4.78 is 0. The van der Waals surface area contributed by atoms with E-state index in [0.717, 1.165) is 51.4 Å². The van der Waals surface area contributed by atoms with Crippen LogP contribution in [0, 0.1) is 10.8 Å². The van der Waals surface area contributed by atoms with Gasteiger partial charge in [-0.15, -0.1) is 0 Å². The molecule has 0 aromatic carbocycles. The molecule has 2 rings (SSSR count). The van der Waals surface area contributed by atoms with E-state index in [1.54, 1.807) is 0 Å². The number of carbonyl (C=O) groups is 1. The lowest BCUT2D eigenvalue weighted by molar-refractivity contribution is -0.407. The average molecular weight is 371 g/mol. The maximum absolute atomic E-state index is 12.2. The minimum absolute atomic E-state index is 0.120. The van der Waals surface area contributed by atoms with Crippen LogP contribution in [0.2, 0.25) is 0 Å². The SMILES string of the molecule is CC(C)(C)C1(OOC(=O)OOC2(C(C)(C)C)CCCCC2)CCCCC1. The van der Waals surface area contributed by atoms with Gasteiger partial charge in [0.1, 0.15) is 11.2 Å². The van der Waals surface area contributed by atoms with Gasteiger partial charge in [0.15, 0.2) is 0 Å². The fraction of sp³-hybridized carbons (Fsp3) is 0.952. The zero-order chi connectivity index (χ0) is 19.5. The molecule has 0 unspecified atom stereocenters. The van der Waals surface area contributed by atoms with E-state index in [9.17, 15) is 4.79 Å². The van der Waals surface area contributed by atoms with Crippen molar-refractivity contribution in [2.75, 3.05) is 0 Å². The Morgan fingerprint density at radius 3 is 1.19 bits per heavy atom. The van der Waals surface area contributed by atoms with Crippen molar-refractivity contribution >= 4 is 6.16 Å². The minimum atomic E-state index is -0.909. The van der Waals surface area contributed by atoms with E-state index in [0.29, 0.717) is 0 Å². The molecule has 0 aromatic rings. The lowest BCUT2D eigenvalue weighted by Crippen LogP contribution is -2.48. The standard InChI is InChI=1S/C21H38O5/c1-18(2,3)20(13-9-7-10-14-20)25-23-17(22)24-26-21(19(4,5)6)15-11-8-12-16-21/h7-16H2,1-6H3. The van der Waals surface area contributed by atoms with Gasteiger partial charge in [-0.2, -0.15) is 14.6 Å². The molecule has 0 heterocycles. The zero-order valence-electron chi connectivity index (χ0n) is 17.6.